The molecule has 0 aliphatic heterocycles. The molecule has 0 radical (unpaired) electrons. The van der Waals surface area contributed by atoms with E-state index < -0.39 is 97.5 Å². The van der Waals surface area contributed by atoms with Crippen molar-refractivity contribution in [3.05, 3.63) is 72.9 Å². The second kappa shape index (κ2) is 73.8. The molecule has 0 saturated carbocycles. The highest BCUT2D eigenvalue weighted by Gasteiger charge is 2.30. The maximum absolute atomic E-state index is 13.1. The highest BCUT2D eigenvalue weighted by Crippen LogP contribution is 2.45. The largest absolute Gasteiger partial charge is 0.472 e. The van der Waals surface area contributed by atoms with Crippen molar-refractivity contribution in [3.63, 3.8) is 0 Å². The lowest BCUT2D eigenvalue weighted by Crippen LogP contribution is -2.30. The standard InChI is InChI=1S/C81H146O17P2/c1-5-9-13-17-21-25-29-33-35-36-37-38-40-44-48-52-56-60-64-68-81(86)98-77(71-91-78(83)65-61-57-53-49-45-41-31-27-23-19-15-11-7-3)74-96-100(89,90)94-70-75(82)69-93-99(87,88)95-73-76(97-80(85)67-63-59-55-51-47-42-32-28-24-20-16-12-8-4)72-92-79(84)66-62-58-54-50-46-43-39-34-30-26-22-18-14-10-6-2/h9,13,21,25-26,30,33,35,37-38,44,48,75-77,82H,5-8,10-12,14-20,22-24,27-29,31-32,34,36,39-43,45-47,49-74H2,1-4H3,(H,87,88)(H,89,90)/b13-9-,25-21-,30-26-,35-33-,38-37-,48-44-/t75-,76-,77-/m1/s1. The molecule has 0 fully saturated rings. The van der Waals surface area contributed by atoms with E-state index in [0.29, 0.717) is 25.7 Å². The number of phosphoric acid groups is 2. The van der Waals surface area contributed by atoms with Crippen LogP contribution in [0.15, 0.2) is 72.9 Å². The minimum atomic E-state index is -4.98. The molecular formula is C81H146O17P2. The number of carbonyl (C=O) groups excluding carboxylic acids is 4. The molecule has 0 aromatic heterocycles. The van der Waals surface area contributed by atoms with Crippen LogP contribution in [-0.2, 0) is 65.4 Å². The van der Waals surface area contributed by atoms with Gasteiger partial charge in [0.05, 0.1) is 26.4 Å². The summed E-state index contributed by atoms with van der Waals surface area (Å²) >= 11 is 0. The van der Waals surface area contributed by atoms with E-state index in [1.54, 1.807) is 0 Å². The number of carbonyl (C=O) groups is 4. The van der Waals surface area contributed by atoms with Gasteiger partial charge in [0.25, 0.3) is 0 Å². The Morgan fingerprint density at radius 1 is 0.290 bits per heavy atom. The Morgan fingerprint density at radius 3 is 0.830 bits per heavy atom. The third kappa shape index (κ3) is 72.8. The highest BCUT2D eigenvalue weighted by molar-refractivity contribution is 7.47. The average Bonchev–Trinajstić information content (AvgIpc) is 0.929. The molecule has 0 aromatic rings. The lowest BCUT2D eigenvalue weighted by molar-refractivity contribution is -0.161. The Hall–Kier alpha value is -3.50. The van der Waals surface area contributed by atoms with Gasteiger partial charge in [-0.1, -0.05) is 312 Å². The molecule has 0 aliphatic carbocycles. The van der Waals surface area contributed by atoms with Crippen molar-refractivity contribution in [2.24, 2.45) is 0 Å². The molecule has 19 heteroatoms. The number of ether oxygens (including phenoxy) is 4. The normalized spacial score (nSPS) is 14.3. The van der Waals surface area contributed by atoms with E-state index in [4.69, 9.17) is 37.0 Å². The summed E-state index contributed by atoms with van der Waals surface area (Å²) in [7, 11) is -9.95. The number of aliphatic hydroxyl groups excluding tert-OH is 1. The van der Waals surface area contributed by atoms with E-state index >= 15 is 0 Å². The third-order valence-corrected chi connectivity index (χ3v) is 19.1. The van der Waals surface area contributed by atoms with Crippen LogP contribution < -0.4 is 0 Å². The zero-order valence-electron chi connectivity index (χ0n) is 63.6. The Labute approximate surface area is 609 Å². The fraction of sp³-hybridized carbons (Fsp3) is 0.802. The summed E-state index contributed by atoms with van der Waals surface area (Å²) in [5.74, 6) is -2.18. The minimum Gasteiger partial charge on any atom is -0.462 e. The Morgan fingerprint density at radius 2 is 0.520 bits per heavy atom. The maximum Gasteiger partial charge on any atom is 0.472 e. The summed E-state index contributed by atoms with van der Waals surface area (Å²) in [4.78, 5) is 73.0. The van der Waals surface area contributed by atoms with Crippen molar-refractivity contribution in [1.82, 2.24) is 0 Å². The van der Waals surface area contributed by atoms with Crippen LogP contribution in [0.3, 0.4) is 0 Å². The van der Waals surface area contributed by atoms with Gasteiger partial charge in [-0.15, -0.1) is 0 Å². The van der Waals surface area contributed by atoms with Crippen molar-refractivity contribution in [2.45, 2.75) is 380 Å². The number of phosphoric ester groups is 2. The Bertz CT molecular complexity index is 2180. The molecule has 582 valence electrons. The molecule has 0 saturated heterocycles. The third-order valence-electron chi connectivity index (χ3n) is 17.2. The molecule has 5 atom stereocenters. The maximum atomic E-state index is 13.1. The van der Waals surface area contributed by atoms with Crippen LogP contribution in [-0.4, -0.2) is 96.7 Å². The van der Waals surface area contributed by atoms with Crippen molar-refractivity contribution in [1.29, 1.82) is 0 Å². The predicted molar refractivity (Wildman–Crippen MR) is 409 cm³/mol. The van der Waals surface area contributed by atoms with Crippen molar-refractivity contribution in [3.8, 4) is 0 Å². The van der Waals surface area contributed by atoms with Crippen molar-refractivity contribution < 1.29 is 80.2 Å². The number of allylic oxidation sites excluding steroid dienone is 12. The van der Waals surface area contributed by atoms with Crippen LogP contribution in [0.5, 0.6) is 0 Å². The van der Waals surface area contributed by atoms with Gasteiger partial charge in [-0.25, -0.2) is 9.13 Å². The van der Waals surface area contributed by atoms with Gasteiger partial charge < -0.3 is 33.8 Å². The molecule has 0 aliphatic rings. The van der Waals surface area contributed by atoms with E-state index in [1.165, 1.54) is 148 Å². The Balaban J connectivity index is 5.35. The minimum absolute atomic E-state index is 0.0597. The molecule has 0 bridgehead atoms. The lowest BCUT2D eigenvalue weighted by Gasteiger charge is -2.21. The topological polar surface area (TPSA) is 237 Å². The van der Waals surface area contributed by atoms with E-state index in [0.717, 1.165) is 135 Å². The first kappa shape index (κ1) is 96.5. The van der Waals surface area contributed by atoms with Crippen molar-refractivity contribution >= 4 is 39.5 Å². The molecular weight excluding hydrogens is 1310 g/mol. The molecule has 0 amide bonds. The SMILES string of the molecule is CC/C=C\C/C=C\C/C=C\C/C=C\C/C=C\CCCCCC(=O)O[C@H](COC(=O)CCCCCCCCCCCCCCC)COP(=O)(O)OC[C@H](O)COP(=O)(O)OC[C@@H](COC(=O)CCCCCCCCC/C=C\CCCCCC)OC(=O)CCCCCCCCCCCCCCC. The van der Waals surface area contributed by atoms with Gasteiger partial charge in [0.15, 0.2) is 12.2 Å². The summed E-state index contributed by atoms with van der Waals surface area (Å²) in [5, 5.41) is 10.6. The Kier molecular flexibility index (Phi) is 71.2. The van der Waals surface area contributed by atoms with Crippen molar-refractivity contribution in [2.75, 3.05) is 39.6 Å². The number of aliphatic hydroxyl groups is 1. The van der Waals surface area contributed by atoms with Crippen LogP contribution in [0.4, 0.5) is 0 Å². The van der Waals surface area contributed by atoms with Gasteiger partial charge in [-0.3, -0.25) is 37.3 Å². The quantitative estimate of drug-likeness (QED) is 0.0169. The number of hydrogen-bond donors (Lipinski definition) is 3. The summed E-state index contributed by atoms with van der Waals surface area (Å²) in [6.07, 6.45) is 74.5. The highest BCUT2D eigenvalue weighted by atomic mass is 31.2. The molecule has 100 heavy (non-hydrogen) atoms. The first-order chi connectivity index (χ1) is 48.7. The monoisotopic (exact) mass is 1450 g/mol. The average molecular weight is 1450 g/mol. The number of unbranched alkanes of at least 4 members (excludes halogenated alkanes) is 38. The van der Waals surface area contributed by atoms with Gasteiger partial charge >= 0.3 is 39.5 Å². The van der Waals surface area contributed by atoms with E-state index in [1.807, 2.05) is 0 Å². The zero-order chi connectivity index (χ0) is 73.2. The number of esters is 4. The van der Waals surface area contributed by atoms with E-state index in [9.17, 15) is 43.2 Å². The molecule has 3 N–H and O–H groups in total. The molecule has 2 unspecified atom stereocenters. The zero-order valence-corrected chi connectivity index (χ0v) is 65.4. The summed E-state index contributed by atoms with van der Waals surface area (Å²) in [5.41, 5.74) is 0. The summed E-state index contributed by atoms with van der Waals surface area (Å²) < 4.78 is 68.6. The van der Waals surface area contributed by atoms with Crippen LogP contribution in [0.25, 0.3) is 0 Å². The second-order valence-corrected chi connectivity index (χ2v) is 29.9. The van der Waals surface area contributed by atoms with Crippen LogP contribution in [0.1, 0.15) is 362 Å². The smallest absolute Gasteiger partial charge is 0.462 e. The molecule has 0 aromatic carbocycles. The van der Waals surface area contributed by atoms with Crippen LogP contribution >= 0.6 is 15.6 Å². The fourth-order valence-electron chi connectivity index (χ4n) is 11.1. The molecule has 0 spiro atoms. The van der Waals surface area contributed by atoms with E-state index in [2.05, 4.69) is 101 Å². The van der Waals surface area contributed by atoms with Crippen LogP contribution in [0.2, 0.25) is 0 Å². The fourth-order valence-corrected chi connectivity index (χ4v) is 12.6. The summed E-state index contributed by atoms with van der Waals surface area (Å²) in [6.45, 7) is 4.77. The van der Waals surface area contributed by atoms with Crippen LogP contribution in [0, 0.1) is 0 Å². The summed E-state index contributed by atoms with van der Waals surface area (Å²) in [6, 6.07) is 0. The van der Waals surface area contributed by atoms with Gasteiger partial charge in [0.1, 0.15) is 19.3 Å². The lowest BCUT2D eigenvalue weighted by atomic mass is 10.0. The first-order valence-electron chi connectivity index (χ1n) is 40.2. The van der Waals surface area contributed by atoms with Gasteiger partial charge in [0.2, 0.25) is 0 Å². The van der Waals surface area contributed by atoms with Gasteiger partial charge in [-0.2, -0.15) is 0 Å². The molecule has 0 heterocycles. The number of rotatable bonds is 76. The molecule has 17 nitrogen and oxygen atoms in total. The number of hydrogen-bond acceptors (Lipinski definition) is 15. The van der Waals surface area contributed by atoms with Gasteiger partial charge in [-0.05, 0) is 96.3 Å². The van der Waals surface area contributed by atoms with E-state index in [-0.39, 0.29) is 25.7 Å². The van der Waals surface area contributed by atoms with Gasteiger partial charge in [0, 0.05) is 25.7 Å². The predicted octanol–water partition coefficient (Wildman–Crippen LogP) is 23.2. The first-order valence-corrected chi connectivity index (χ1v) is 43.2. The second-order valence-electron chi connectivity index (χ2n) is 27.0. The molecule has 0 rings (SSSR count).